The Labute approximate surface area is 109 Å². The average Bonchev–Trinajstić information content (AvgIpc) is 2.93. The molecule has 9 heteroatoms. The highest BCUT2D eigenvalue weighted by molar-refractivity contribution is 5.36. The third kappa shape index (κ3) is 2.60. The molecule has 0 spiro atoms. The van der Waals surface area contributed by atoms with Crippen molar-refractivity contribution in [3.8, 4) is 5.95 Å². The summed E-state index contributed by atoms with van der Waals surface area (Å²) in [5, 5.41) is 7.17. The Bertz CT molecular complexity index is 552. The van der Waals surface area contributed by atoms with E-state index in [9.17, 15) is 0 Å². The monoisotopic (exact) mass is 261 g/mol. The van der Waals surface area contributed by atoms with E-state index in [1.54, 1.807) is 0 Å². The van der Waals surface area contributed by atoms with Gasteiger partial charge in [0.1, 0.15) is 12.7 Å². The molecular weight excluding hydrogens is 246 g/mol. The summed E-state index contributed by atoms with van der Waals surface area (Å²) < 4.78 is 1.45. The SMILES string of the molecule is CC1CC1CNc1nc(NN)nc(-n2cncn2)n1. The first-order valence-corrected chi connectivity index (χ1v) is 6.08. The lowest BCUT2D eigenvalue weighted by Crippen LogP contribution is -2.17. The van der Waals surface area contributed by atoms with E-state index in [0.717, 1.165) is 12.5 Å². The van der Waals surface area contributed by atoms with Crippen molar-refractivity contribution in [1.82, 2.24) is 29.7 Å². The van der Waals surface area contributed by atoms with Crippen molar-refractivity contribution in [1.29, 1.82) is 0 Å². The van der Waals surface area contributed by atoms with Gasteiger partial charge in [0.05, 0.1) is 0 Å². The molecule has 4 N–H and O–H groups in total. The van der Waals surface area contributed by atoms with E-state index in [-0.39, 0.29) is 5.95 Å². The first kappa shape index (κ1) is 11.8. The smallest absolute Gasteiger partial charge is 0.258 e. The van der Waals surface area contributed by atoms with Crippen molar-refractivity contribution in [2.24, 2.45) is 17.7 Å². The molecule has 0 aromatic carbocycles. The van der Waals surface area contributed by atoms with Crippen LogP contribution in [0.25, 0.3) is 5.95 Å². The van der Waals surface area contributed by atoms with Crippen LogP contribution in [0, 0.1) is 11.8 Å². The minimum atomic E-state index is 0.284. The van der Waals surface area contributed by atoms with Gasteiger partial charge < -0.3 is 5.32 Å². The highest BCUT2D eigenvalue weighted by Crippen LogP contribution is 2.37. The lowest BCUT2D eigenvalue weighted by atomic mass is 10.3. The normalized spacial score (nSPS) is 21.2. The second kappa shape index (κ2) is 4.76. The Balaban J connectivity index is 1.80. The molecule has 9 nitrogen and oxygen atoms in total. The van der Waals surface area contributed by atoms with Crippen LogP contribution in [0.4, 0.5) is 11.9 Å². The standard InChI is InChI=1S/C10H15N9/c1-6-2-7(6)3-13-8-15-9(18-11)17-10(16-8)19-5-12-4-14-19/h4-7H,2-3,11H2,1H3,(H2,13,15,16,17,18). The first-order valence-electron chi connectivity index (χ1n) is 6.08. The summed E-state index contributed by atoms with van der Waals surface area (Å²) in [6, 6.07) is 0. The van der Waals surface area contributed by atoms with Gasteiger partial charge in [-0.25, -0.2) is 10.8 Å². The second-order valence-corrected chi connectivity index (χ2v) is 4.62. The number of hydrazine groups is 1. The highest BCUT2D eigenvalue weighted by Gasteiger charge is 2.32. The Morgan fingerprint density at radius 1 is 1.37 bits per heavy atom. The average molecular weight is 261 g/mol. The maximum Gasteiger partial charge on any atom is 0.258 e. The Morgan fingerprint density at radius 2 is 2.16 bits per heavy atom. The molecule has 1 aliphatic rings. The minimum Gasteiger partial charge on any atom is -0.354 e. The van der Waals surface area contributed by atoms with Gasteiger partial charge in [0.2, 0.25) is 11.9 Å². The van der Waals surface area contributed by atoms with E-state index in [1.807, 2.05) is 0 Å². The third-order valence-corrected chi connectivity index (χ3v) is 3.17. The van der Waals surface area contributed by atoms with Crippen molar-refractivity contribution >= 4 is 11.9 Å². The summed E-state index contributed by atoms with van der Waals surface area (Å²) >= 11 is 0. The molecule has 1 saturated carbocycles. The number of aromatic nitrogens is 6. The lowest BCUT2D eigenvalue weighted by Gasteiger charge is -2.07. The van der Waals surface area contributed by atoms with E-state index < -0.39 is 0 Å². The fraction of sp³-hybridized carbons (Fsp3) is 0.500. The molecule has 0 aliphatic heterocycles. The van der Waals surface area contributed by atoms with Crippen molar-refractivity contribution < 1.29 is 0 Å². The number of nitrogens with two attached hydrogens (primary N) is 1. The zero-order valence-corrected chi connectivity index (χ0v) is 10.5. The van der Waals surface area contributed by atoms with E-state index in [0.29, 0.717) is 17.8 Å². The molecule has 2 atom stereocenters. The minimum absolute atomic E-state index is 0.284. The topological polar surface area (TPSA) is 119 Å². The van der Waals surface area contributed by atoms with Gasteiger partial charge in [-0.3, -0.25) is 5.43 Å². The van der Waals surface area contributed by atoms with Gasteiger partial charge >= 0.3 is 0 Å². The van der Waals surface area contributed by atoms with Gasteiger partial charge in [-0.15, -0.1) is 0 Å². The van der Waals surface area contributed by atoms with Gasteiger partial charge in [0, 0.05) is 6.54 Å². The molecule has 2 aromatic heterocycles. The predicted octanol–water partition coefficient (Wildman–Crippen LogP) is -0.194. The second-order valence-electron chi connectivity index (χ2n) is 4.62. The van der Waals surface area contributed by atoms with Crippen LogP contribution in [0.1, 0.15) is 13.3 Å². The summed E-state index contributed by atoms with van der Waals surface area (Å²) in [5.74, 6) is 7.96. The zero-order valence-electron chi connectivity index (χ0n) is 10.5. The maximum absolute atomic E-state index is 5.36. The molecule has 3 rings (SSSR count). The van der Waals surface area contributed by atoms with Crippen LogP contribution in [-0.4, -0.2) is 36.3 Å². The van der Waals surface area contributed by atoms with E-state index in [1.165, 1.54) is 23.8 Å². The van der Waals surface area contributed by atoms with Gasteiger partial charge in [0.25, 0.3) is 5.95 Å². The Kier molecular flexibility index (Phi) is 2.95. The first-order chi connectivity index (χ1) is 9.26. The predicted molar refractivity (Wildman–Crippen MR) is 68.3 cm³/mol. The number of anilines is 2. The number of nitrogen functional groups attached to an aromatic ring is 1. The summed E-state index contributed by atoms with van der Waals surface area (Å²) in [6.07, 6.45) is 4.18. The number of rotatable bonds is 5. The molecule has 100 valence electrons. The van der Waals surface area contributed by atoms with Crippen molar-refractivity contribution in [3.05, 3.63) is 12.7 Å². The fourth-order valence-corrected chi connectivity index (χ4v) is 1.83. The molecule has 0 amide bonds. The van der Waals surface area contributed by atoms with Crippen LogP contribution in [-0.2, 0) is 0 Å². The van der Waals surface area contributed by atoms with Crippen LogP contribution in [0.3, 0.4) is 0 Å². The molecular formula is C10H15N9. The fourth-order valence-electron chi connectivity index (χ4n) is 1.83. The molecule has 0 saturated heterocycles. The highest BCUT2D eigenvalue weighted by atomic mass is 15.4. The maximum atomic E-state index is 5.36. The number of nitrogens with one attached hydrogen (secondary N) is 2. The van der Waals surface area contributed by atoms with Crippen LogP contribution in [0.2, 0.25) is 0 Å². The van der Waals surface area contributed by atoms with E-state index in [2.05, 4.69) is 42.7 Å². The van der Waals surface area contributed by atoms with Crippen molar-refractivity contribution in [2.45, 2.75) is 13.3 Å². The lowest BCUT2D eigenvalue weighted by molar-refractivity contribution is 0.766. The summed E-state index contributed by atoms with van der Waals surface area (Å²) in [4.78, 5) is 16.4. The molecule has 0 radical (unpaired) electrons. The largest absolute Gasteiger partial charge is 0.354 e. The zero-order chi connectivity index (χ0) is 13.2. The summed E-state index contributed by atoms with van der Waals surface area (Å²) in [5.41, 5.74) is 2.42. The third-order valence-electron chi connectivity index (χ3n) is 3.17. The molecule has 2 heterocycles. The van der Waals surface area contributed by atoms with Gasteiger partial charge in [-0.2, -0.15) is 24.7 Å². The van der Waals surface area contributed by atoms with Crippen molar-refractivity contribution in [3.63, 3.8) is 0 Å². The number of hydrogen-bond acceptors (Lipinski definition) is 8. The van der Waals surface area contributed by atoms with Crippen molar-refractivity contribution in [2.75, 3.05) is 17.3 Å². The molecule has 1 fully saturated rings. The molecule has 1 aliphatic carbocycles. The molecule has 0 bridgehead atoms. The number of hydrogen-bond donors (Lipinski definition) is 3. The van der Waals surface area contributed by atoms with Gasteiger partial charge in [-0.1, -0.05) is 6.92 Å². The summed E-state index contributed by atoms with van der Waals surface area (Å²) in [6.45, 7) is 3.08. The van der Waals surface area contributed by atoms with Gasteiger partial charge in [-0.05, 0) is 18.3 Å². The summed E-state index contributed by atoms with van der Waals surface area (Å²) in [7, 11) is 0. The van der Waals surface area contributed by atoms with Gasteiger partial charge in [0.15, 0.2) is 0 Å². The van der Waals surface area contributed by atoms with E-state index in [4.69, 9.17) is 5.84 Å². The van der Waals surface area contributed by atoms with E-state index >= 15 is 0 Å². The molecule has 19 heavy (non-hydrogen) atoms. The molecule has 2 aromatic rings. The number of nitrogens with zero attached hydrogens (tertiary/aromatic N) is 6. The van der Waals surface area contributed by atoms with Crippen LogP contribution in [0.15, 0.2) is 12.7 Å². The Hall–Kier alpha value is -2.29. The Morgan fingerprint density at radius 3 is 2.79 bits per heavy atom. The quantitative estimate of drug-likeness (QED) is 0.500. The molecule has 2 unspecified atom stereocenters. The van der Waals surface area contributed by atoms with Crippen LogP contribution < -0.4 is 16.6 Å². The van der Waals surface area contributed by atoms with Crippen LogP contribution >= 0.6 is 0 Å². The van der Waals surface area contributed by atoms with Crippen LogP contribution in [0.5, 0.6) is 0 Å².